The van der Waals surface area contributed by atoms with Crippen molar-refractivity contribution in [3.63, 3.8) is 0 Å². The number of furan rings is 1. The third-order valence-corrected chi connectivity index (χ3v) is 9.14. The lowest BCUT2D eigenvalue weighted by atomic mass is 9.89. The van der Waals surface area contributed by atoms with Crippen LogP contribution in [0.4, 0.5) is 10.1 Å². The highest BCUT2D eigenvalue weighted by atomic mass is 32.2. The molecule has 1 atom stereocenters. The molecule has 0 aliphatic carbocycles. The van der Waals surface area contributed by atoms with E-state index in [0.717, 1.165) is 17.7 Å². The standard InChI is InChI=1S/C28H28FN3O4S2/c1-30-28(33)26-23-15-22(19-7-6-14-32(17-19)38(34,35)21-8-4-3-5-9-21)24(31-37-2)16-25(23)36-27(26)18-10-12-20(29)13-11-18/h3-5,8-13,15-16,19,31H,6-7,14,17H2,1-2H3,(H,30,33)/t19-/m0/s1. The normalized spacial score (nSPS) is 16.4. The molecule has 0 bridgehead atoms. The van der Waals surface area contributed by atoms with Crippen molar-refractivity contribution in [1.82, 2.24) is 9.62 Å². The van der Waals surface area contributed by atoms with E-state index in [1.807, 2.05) is 18.4 Å². The van der Waals surface area contributed by atoms with Crippen molar-refractivity contribution < 1.29 is 22.0 Å². The summed E-state index contributed by atoms with van der Waals surface area (Å²) in [5, 5.41) is 3.30. The SMILES string of the molecule is CNC(=O)c1c(-c2ccc(F)cc2)oc2cc(NSC)c([C@H]3CCCN(S(=O)(=O)c4ccccc4)C3)cc12. The Kier molecular flexibility index (Phi) is 7.47. The zero-order valence-electron chi connectivity index (χ0n) is 21.0. The van der Waals surface area contributed by atoms with Crippen LogP contribution in [0.25, 0.3) is 22.3 Å². The summed E-state index contributed by atoms with van der Waals surface area (Å²) in [5.74, 6) is -0.449. The number of carbonyl (C=O) groups excluding carboxylic acids is 1. The number of piperidine rings is 1. The van der Waals surface area contributed by atoms with E-state index < -0.39 is 10.0 Å². The Morgan fingerprint density at radius 3 is 2.53 bits per heavy atom. The molecule has 1 aliphatic heterocycles. The van der Waals surface area contributed by atoms with Crippen LogP contribution in [-0.4, -0.2) is 45.0 Å². The molecule has 198 valence electrons. The number of anilines is 1. The van der Waals surface area contributed by atoms with Crippen molar-refractivity contribution in [1.29, 1.82) is 0 Å². The van der Waals surface area contributed by atoms with Crippen LogP contribution in [-0.2, 0) is 10.0 Å². The first-order chi connectivity index (χ1) is 18.3. The highest BCUT2D eigenvalue weighted by Gasteiger charge is 2.33. The van der Waals surface area contributed by atoms with Crippen LogP contribution in [0, 0.1) is 5.82 Å². The second-order valence-corrected chi connectivity index (χ2v) is 11.7. The monoisotopic (exact) mass is 553 g/mol. The van der Waals surface area contributed by atoms with Crippen LogP contribution in [0.15, 0.2) is 76.0 Å². The van der Waals surface area contributed by atoms with Gasteiger partial charge in [0.1, 0.15) is 17.2 Å². The Morgan fingerprint density at radius 2 is 1.84 bits per heavy atom. The number of fused-ring (bicyclic) bond motifs is 1. The summed E-state index contributed by atoms with van der Waals surface area (Å²) in [7, 11) is -2.09. The quantitative estimate of drug-likeness (QED) is 0.279. The number of nitrogens with one attached hydrogen (secondary N) is 2. The van der Waals surface area contributed by atoms with Crippen molar-refractivity contribution in [2.45, 2.75) is 23.7 Å². The highest BCUT2D eigenvalue weighted by molar-refractivity contribution is 7.99. The van der Waals surface area contributed by atoms with E-state index in [0.29, 0.717) is 47.4 Å². The maximum Gasteiger partial charge on any atom is 0.255 e. The van der Waals surface area contributed by atoms with Gasteiger partial charge in [-0.1, -0.05) is 30.1 Å². The largest absolute Gasteiger partial charge is 0.455 e. The van der Waals surface area contributed by atoms with Gasteiger partial charge in [0.25, 0.3) is 5.91 Å². The Morgan fingerprint density at radius 1 is 1.11 bits per heavy atom. The summed E-state index contributed by atoms with van der Waals surface area (Å²) in [4.78, 5) is 13.3. The van der Waals surface area contributed by atoms with E-state index in [1.54, 1.807) is 53.8 Å². The minimum Gasteiger partial charge on any atom is -0.455 e. The molecule has 1 aromatic heterocycles. The fraction of sp³-hybridized carbons (Fsp3) is 0.250. The van der Waals surface area contributed by atoms with Gasteiger partial charge in [0.15, 0.2) is 0 Å². The summed E-state index contributed by atoms with van der Waals surface area (Å²) in [5.41, 5.74) is 3.16. The van der Waals surface area contributed by atoms with Crippen LogP contribution in [0.1, 0.15) is 34.7 Å². The van der Waals surface area contributed by atoms with Gasteiger partial charge in [0, 0.05) is 43.4 Å². The molecule has 3 aromatic carbocycles. The Balaban J connectivity index is 1.61. The molecular weight excluding hydrogens is 525 g/mol. The van der Waals surface area contributed by atoms with Gasteiger partial charge in [-0.3, -0.25) is 4.79 Å². The van der Waals surface area contributed by atoms with Gasteiger partial charge < -0.3 is 14.5 Å². The second-order valence-electron chi connectivity index (χ2n) is 9.15. The van der Waals surface area contributed by atoms with Crippen molar-refractivity contribution >= 4 is 44.5 Å². The molecule has 0 saturated carbocycles. The van der Waals surface area contributed by atoms with Gasteiger partial charge in [-0.25, -0.2) is 12.8 Å². The molecule has 1 aliphatic rings. The maximum atomic E-state index is 13.6. The van der Waals surface area contributed by atoms with Crippen LogP contribution < -0.4 is 10.0 Å². The van der Waals surface area contributed by atoms with Crippen molar-refractivity contribution in [3.05, 3.63) is 83.7 Å². The minimum absolute atomic E-state index is 0.0944. The molecule has 0 radical (unpaired) electrons. The van der Waals surface area contributed by atoms with Crippen molar-refractivity contribution in [3.8, 4) is 11.3 Å². The molecule has 7 nitrogen and oxygen atoms in total. The Labute approximate surface area is 225 Å². The van der Waals surface area contributed by atoms with Gasteiger partial charge in [0.05, 0.1) is 16.1 Å². The van der Waals surface area contributed by atoms with Crippen LogP contribution in [0.3, 0.4) is 0 Å². The van der Waals surface area contributed by atoms with Gasteiger partial charge >= 0.3 is 0 Å². The molecule has 1 amide bonds. The first-order valence-corrected chi connectivity index (χ1v) is 14.9. The van der Waals surface area contributed by atoms with Gasteiger partial charge in [-0.05, 0) is 66.8 Å². The smallest absolute Gasteiger partial charge is 0.255 e. The van der Waals surface area contributed by atoms with E-state index in [2.05, 4.69) is 10.0 Å². The summed E-state index contributed by atoms with van der Waals surface area (Å²) >= 11 is 1.42. The zero-order chi connectivity index (χ0) is 26.9. The number of amides is 1. The van der Waals surface area contributed by atoms with Crippen molar-refractivity contribution in [2.24, 2.45) is 0 Å². The number of carbonyl (C=O) groups is 1. The van der Waals surface area contributed by atoms with E-state index >= 15 is 0 Å². The van der Waals surface area contributed by atoms with E-state index in [1.165, 1.54) is 24.1 Å². The summed E-state index contributed by atoms with van der Waals surface area (Å²) in [6, 6.07) is 18.1. The average molecular weight is 554 g/mol. The number of hydrogen-bond donors (Lipinski definition) is 2. The minimum atomic E-state index is -3.64. The molecule has 1 fully saturated rings. The summed E-state index contributed by atoms with van der Waals surface area (Å²) in [6.07, 6.45) is 3.42. The van der Waals surface area contributed by atoms with Gasteiger partial charge in [-0.2, -0.15) is 4.31 Å². The predicted octanol–water partition coefficient (Wildman–Crippen LogP) is 5.86. The molecule has 0 spiro atoms. The maximum absolute atomic E-state index is 13.6. The lowest BCUT2D eigenvalue weighted by Crippen LogP contribution is -2.39. The lowest BCUT2D eigenvalue weighted by Gasteiger charge is -2.33. The zero-order valence-corrected chi connectivity index (χ0v) is 22.7. The highest BCUT2D eigenvalue weighted by Crippen LogP contribution is 2.41. The number of rotatable bonds is 7. The molecule has 10 heteroatoms. The van der Waals surface area contributed by atoms with Crippen molar-refractivity contribution in [2.75, 3.05) is 31.1 Å². The molecule has 38 heavy (non-hydrogen) atoms. The van der Waals surface area contributed by atoms with Gasteiger partial charge in [-0.15, -0.1) is 0 Å². The third-order valence-electron chi connectivity index (χ3n) is 6.84. The number of nitrogens with zero attached hydrogens (tertiary/aromatic N) is 1. The van der Waals surface area contributed by atoms with E-state index in [9.17, 15) is 17.6 Å². The summed E-state index contributed by atoms with van der Waals surface area (Å²) in [6.45, 7) is 0.773. The van der Waals surface area contributed by atoms with Crippen LogP contribution >= 0.6 is 11.9 Å². The Bertz CT molecular complexity index is 1570. The molecule has 2 heterocycles. The number of hydrogen-bond acceptors (Lipinski definition) is 6. The van der Waals surface area contributed by atoms with E-state index in [4.69, 9.17) is 4.42 Å². The third kappa shape index (κ3) is 4.91. The molecule has 0 unspecified atom stereocenters. The first kappa shape index (κ1) is 26.3. The number of benzene rings is 3. The van der Waals surface area contributed by atoms with Crippen LogP contribution in [0.5, 0.6) is 0 Å². The lowest BCUT2D eigenvalue weighted by molar-refractivity contribution is 0.0964. The van der Waals surface area contributed by atoms with Crippen LogP contribution in [0.2, 0.25) is 0 Å². The second kappa shape index (κ2) is 10.8. The Hall–Kier alpha value is -3.34. The fourth-order valence-electron chi connectivity index (χ4n) is 5.01. The topological polar surface area (TPSA) is 91.7 Å². The average Bonchev–Trinajstić information content (AvgIpc) is 3.31. The molecule has 1 saturated heterocycles. The molecule has 2 N–H and O–H groups in total. The molecular formula is C28H28FN3O4S2. The predicted molar refractivity (Wildman–Crippen MR) is 149 cm³/mol. The fourth-order valence-corrected chi connectivity index (χ4v) is 6.95. The van der Waals surface area contributed by atoms with E-state index in [-0.39, 0.29) is 22.5 Å². The first-order valence-electron chi connectivity index (χ1n) is 12.3. The number of halogens is 1. The molecule has 5 rings (SSSR count). The summed E-state index contributed by atoms with van der Waals surface area (Å²) < 4.78 is 51.3. The number of sulfonamides is 1. The molecule has 4 aromatic rings. The van der Waals surface area contributed by atoms with Gasteiger partial charge in [0.2, 0.25) is 10.0 Å².